The van der Waals surface area contributed by atoms with Gasteiger partial charge in [0.1, 0.15) is 0 Å². The number of rotatable bonds is 7. The Morgan fingerprint density at radius 3 is 2.74 bits per heavy atom. The van der Waals surface area contributed by atoms with Gasteiger partial charge in [-0.05, 0) is 18.9 Å². The first-order valence-electron chi connectivity index (χ1n) is 7.78. The van der Waals surface area contributed by atoms with Crippen molar-refractivity contribution < 1.29 is 0 Å². The zero-order chi connectivity index (χ0) is 13.5. The Bertz CT molecular complexity index is 336. The zero-order valence-electron chi connectivity index (χ0n) is 12.4. The first-order chi connectivity index (χ1) is 9.33. The maximum Gasteiger partial charge on any atom is 0.0536 e. The minimum Gasteiger partial charge on any atom is -0.311 e. The molecule has 0 aromatic carbocycles. The number of hydrogen-bond donors (Lipinski definition) is 1. The lowest BCUT2D eigenvalue weighted by atomic mass is 10.0. The molecule has 0 amide bonds. The van der Waals surface area contributed by atoms with Crippen LogP contribution in [0.15, 0.2) is 18.5 Å². The third kappa shape index (κ3) is 4.32. The van der Waals surface area contributed by atoms with Crippen molar-refractivity contribution in [3.8, 4) is 0 Å². The first-order valence-corrected chi connectivity index (χ1v) is 7.78. The van der Waals surface area contributed by atoms with Crippen LogP contribution in [-0.4, -0.2) is 46.4 Å². The van der Waals surface area contributed by atoms with Gasteiger partial charge in [0.05, 0.1) is 6.54 Å². The van der Waals surface area contributed by atoms with Crippen molar-refractivity contribution in [3.05, 3.63) is 18.5 Å². The molecule has 0 spiro atoms. The molecule has 1 fully saturated rings. The molecule has 1 N–H and O–H groups in total. The van der Waals surface area contributed by atoms with Crippen LogP contribution in [0.1, 0.15) is 39.5 Å². The molecule has 2 unspecified atom stereocenters. The molecule has 0 aliphatic carbocycles. The van der Waals surface area contributed by atoms with Gasteiger partial charge in [0.15, 0.2) is 0 Å². The van der Waals surface area contributed by atoms with Crippen LogP contribution in [0.2, 0.25) is 0 Å². The summed E-state index contributed by atoms with van der Waals surface area (Å²) >= 11 is 0. The van der Waals surface area contributed by atoms with Crippen molar-refractivity contribution in [2.24, 2.45) is 0 Å². The fourth-order valence-corrected chi connectivity index (χ4v) is 3.03. The fraction of sp³-hybridized carbons (Fsp3) is 0.800. The maximum atomic E-state index is 4.30. The van der Waals surface area contributed by atoms with E-state index in [0.717, 1.165) is 19.6 Å². The second kappa shape index (κ2) is 7.65. The minimum atomic E-state index is 0.677. The lowest BCUT2D eigenvalue weighted by Crippen LogP contribution is -2.56. The quantitative estimate of drug-likeness (QED) is 0.819. The molecule has 0 saturated carbocycles. The summed E-state index contributed by atoms with van der Waals surface area (Å²) in [7, 11) is 0. The molecule has 2 heterocycles. The number of hydrogen-bond acceptors (Lipinski definition) is 3. The summed E-state index contributed by atoms with van der Waals surface area (Å²) in [5, 5.41) is 8.02. The molecular formula is C15H28N4. The molecular weight excluding hydrogens is 236 g/mol. The number of nitrogens with one attached hydrogen (secondary N) is 1. The standard InChI is InChI=1S/C15H28N4/c1-3-6-14-13-18(15(7-4-2)12-16-14)10-11-19-9-5-8-17-19/h5,8-9,14-16H,3-4,6-7,10-13H2,1-2H3. The maximum absolute atomic E-state index is 4.30. The Hall–Kier alpha value is -0.870. The topological polar surface area (TPSA) is 33.1 Å². The number of nitrogens with zero attached hydrogens (tertiary/aromatic N) is 3. The van der Waals surface area contributed by atoms with Crippen molar-refractivity contribution >= 4 is 0 Å². The molecule has 4 heteroatoms. The lowest BCUT2D eigenvalue weighted by Gasteiger charge is -2.40. The Morgan fingerprint density at radius 2 is 2.05 bits per heavy atom. The molecule has 2 rings (SSSR count). The monoisotopic (exact) mass is 264 g/mol. The van der Waals surface area contributed by atoms with Gasteiger partial charge in [0, 0.05) is 44.1 Å². The SMILES string of the molecule is CCCC1CN(CCn2cccn2)C(CCC)CN1. The molecule has 1 saturated heterocycles. The highest BCUT2D eigenvalue weighted by Crippen LogP contribution is 2.14. The van der Waals surface area contributed by atoms with Crippen LogP contribution in [-0.2, 0) is 6.54 Å². The zero-order valence-corrected chi connectivity index (χ0v) is 12.4. The van der Waals surface area contributed by atoms with Crippen LogP contribution in [0, 0.1) is 0 Å². The second-order valence-electron chi connectivity index (χ2n) is 5.60. The van der Waals surface area contributed by atoms with Gasteiger partial charge < -0.3 is 5.32 Å². The van der Waals surface area contributed by atoms with Gasteiger partial charge in [0.2, 0.25) is 0 Å². The van der Waals surface area contributed by atoms with Crippen LogP contribution < -0.4 is 5.32 Å². The Morgan fingerprint density at radius 1 is 1.21 bits per heavy atom. The number of piperazine rings is 1. The van der Waals surface area contributed by atoms with Crippen LogP contribution in [0.25, 0.3) is 0 Å². The van der Waals surface area contributed by atoms with E-state index in [1.165, 1.54) is 32.2 Å². The van der Waals surface area contributed by atoms with Gasteiger partial charge in [-0.25, -0.2) is 0 Å². The second-order valence-corrected chi connectivity index (χ2v) is 5.60. The lowest BCUT2D eigenvalue weighted by molar-refractivity contribution is 0.113. The van der Waals surface area contributed by atoms with Gasteiger partial charge in [-0.1, -0.05) is 26.7 Å². The highest BCUT2D eigenvalue weighted by Gasteiger charge is 2.26. The Balaban J connectivity index is 1.87. The van der Waals surface area contributed by atoms with Gasteiger partial charge in [-0.2, -0.15) is 5.10 Å². The summed E-state index contributed by atoms with van der Waals surface area (Å²) < 4.78 is 2.04. The molecule has 0 bridgehead atoms. The van der Waals surface area contributed by atoms with E-state index in [1.54, 1.807) is 0 Å². The van der Waals surface area contributed by atoms with Gasteiger partial charge in [-0.15, -0.1) is 0 Å². The van der Waals surface area contributed by atoms with Crippen molar-refractivity contribution in [2.45, 2.75) is 58.2 Å². The highest BCUT2D eigenvalue weighted by atomic mass is 15.3. The van der Waals surface area contributed by atoms with Crippen molar-refractivity contribution in [3.63, 3.8) is 0 Å². The van der Waals surface area contributed by atoms with Crippen molar-refractivity contribution in [2.75, 3.05) is 19.6 Å². The van der Waals surface area contributed by atoms with Gasteiger partial charge in [0.25, 0.3) is 0 Å². The molecule has 1 aliphatic heterocycles. The molecule has 1 aromatic rings. The summed E-state index contributed by atoms with van der Waals surface area (Å²) in [5.74, 6) is 0. The summed E-state index contributed by atoms with van der Waals surface area (Å²) in [6.07, 6.45) is 9.04. The number of aromatic nitrogens is 2. The van der Waals surface area contributed by atoms with E-state index >= 15 is 0 Å². The Labute approximate surface area is 117 Å². The molecule has 19 heavy (non-hydrogen) atoms. The molecule has 0 radical (unpaired) electrons. The third-order valence-electron chi connectivity index (χ3n) is 4.05. The van der Waals surface area contributed by atoms with Crippen LogP contribution in [0.4, 0.5) is 0 Å². The third-order valence-corrected chi connectivity index (χ3v) is 4.05. The van der Waals surface area contributed by atoms with E-state index in [9.17, 15) is 0 Å². The molecule has 4 nitrogen and oxygen atoms in total. The van der Waals surface area contributed by atoms with E-state index in [2.05, 4.69) is 35.4 Å². The molecule has 1 aromatic heterocycles. The minimum absolute atomic E-state index is 0.677. The van der Waals surface area contributed by atoms with E-state index in [-0.39, 0.29) is 0 Å². The van der Waals surface area contributed by atoms with Crippen molar-refractivity contribution in [1.29, 1.82) is 0 Å². The van der Waals surface area contributed by atoms with Crippen LogP contribution in [0.3, 0.4) is 0 Å². The average molecular weight is 264 g/mol. The average Bonchev–Trinajstić information content (AvgIpc) is 2.92. The van der Waals surface area contributed by atoms with Crippen LogP contribution in [0.5, 0.6) is 0 Å². The van der Waals surface area contributed by atoms with E-state index in [4.69, 9.17) is 0 Å². The smallest absolute Gasteiger partial charge is 0.0536 e. The summed E-state index contributed by atoms with van der Waals surface area (Å²) in [6.45, 7) is 9.02. The van der Waals surface area contributed by atoms with E-state index in [0.29, 0.717) is 12.1 Å². The van der Waals surface area contributed by atoms with Crippen molar-refractivity contribution in [1.82, 2.24) is 20.0 Å². The predicted octanol–water partition coefficient (Wildman–Crippen LogP) is 2.13. The highest BCUT2D eigenvalue weighted by molar-refractivity contribution is 4.86. The van der Waals surface area contributed by atoms with Gasteiger partial charge >= 0.3 is 0 Å². The van der Waals surface area contributed by atoms with E-state index < -0.39 is 0 Å². The van der Waals surface area contributed by atoms with E-state index in [1.807, 2.05) is 16.9 Å². The fourth-order valence-electron chi connectivity index (χ4n) is 3.03. The molecule has 2 atom stereocenters. The van der Waals surface area contributed by atoms with Crippen LogP contribution >= 0.6 is 0 Å². The summed E-state index contributed by atoms with van der Waals surface area (Å²) in [6, 6.07) is 3.38. The predicted molar refractivity (Wildman–Crippen MR) is 79.2 cm³/mol. The summed E-state index contributed by atoms with van der Waals surface area (Å²) in [5.41, 5.74) is 0. The molecule has 108 valence electrons. The normalized spacial score (nSPS) is 24.7. The first kappa shape index (κ1) is 14.5. The van der Waals surface area contributed by atoms with Gasteiger partial charge in [-0.3, -0.25) is 9.58 Å². The molecule has 1 aliphatic rings. The Kier molecular flexibility index (Phi) is 5.86. The largest absolute Gasteiger partial charge is 0.311 e. The summed E-state index contributed by atoms with van der Waals surface area (Å²) in [4.78, 5) is 2.67.